The van der Waals surface area contributed by atoms with Crippen molar-refractivity contribution in [1.29, 1.82) is 0 Å². The summed E-state index contributed by atoms with van der Waals surface area (Å²) in [5, 5.41) is 2.85. The van der Waals surface area contributed by atoms with Crippen LogP contribution in [0.25, 0.3) is 0 Å². The van der Waals surface area contributed by atoms with Gasteiger partial charge in [-0.1, -0.05) is 12.1 Å². The number of rotatable bonds is 5. The summed E-state index contributed by atoms with van der Waals surface area (Å²) in [4.78, 5) is 16.6. The summed E-state index contributed by atoms with van der Waals surface area (Å²) >= 11 is 0. The minimum Gasteiger partial charge on any atom is -0.399 e. The second-order valence-electron chi connectivity index (χ2n) is 6.96. The van der Waals surface area contributed by atoms with Crippen molar-refractivity contribution in [3.05, 3.63) is 29.8 Å². The number of carbonyl (C=O) groups is 1. The number of carbonyl (C=O) groups excluding carboxylic acids is 1. The Kier molecular flexibility index (Phi) is 9.30. The monoisotopic (exact) mass is 438 g/mol. The van der Waals surface area contributed by atoms with Crippen LogP contribution < -0.4 is 11.1 Å². The van der Waals surface area contributed by atoms with Crippen LogP contribution in [-0.2, 0) is 21.2 Å². The molecule has 2 saturated heterocycles. The fourth-order valence-electron chi connectivity index (χ4n) is 3.44. The third-order valence-corrected chi connectivity index (χ3v) is 6.55. The smallest absolute Gasteiger partial charge is 0.234 e. The average Bonchev–Trinajstić information content (AvgIpc) is 2.88. The summed E-state index contributed by atoms with van der Waals surface area (Å²) in [6.45, 7) is 4.67. The summed E-state index contributed by atoms with van der Waals surface area (Å²) in [5.41, 5.74) is 7.80. The van der Waals surface area contributed by atoms with Crippen LogP contribution in [-0.4, -0.2) is 74.4 Å². The van der Waals surface area contributed by atoms with E-state index < -0.39 is 9.84 Å². The summed E-state index contributed by atoms with van der Waals surface area (Å²) in [6, 6.07) is 7.70. The van der Waals surface area contributed by atoms with Crippen LogP contribution in [0.1, 0.15) is 12.0 Å². The molecule has 0 saturated carbocycles. The second kappa shape index (κ2) is 10.5. The zero-order chi connectivity index (χ0) is 17.9. The molecule has 2 aliphatic heterocycles. The van der Waals surface area contributed by atoms with Gasteiger partial charge in [-0.3, -0.25) is 14.6 Å². The van der Waals surface area contributed by atoms with Crippen molar-refractivity contribution in [2.75, 3.05) is 50.0 Å². The van der Waals surface area contributed by atoms with Crippen LogP contribution in [0.2, 0.25) is 0 Å². The molecule has 1 aromatic rings. The Labute approximate surface area is 173 Å². The number of sulfone groups is 1. The fraction of sp³-hybridized carbons (Fsp3) is 0.588. The molecule has 2 heterocycles. The number of hydrogen-bond donors (Lipinski definition) is 2. The van der Waals surface area contributed by atoms with Gasteiger partial charge in [0.1, 0.15) is 0 Å². The minimum atomic E-state index is -2.96. The Morgan fingerprint density at radius 3 is 2.41 bits per heavy atom. The molecule has 3 N–H and O–H groups in total. The van der Waals surface area contributed by atoms with Crippen LogP contribution >= 0.6 is 24.8 Å². The maximum absolute atomic E-state index is 12.1. The van der Waals surface area contributed by atoms with E-state index in [0.717, 1.165) is 38.4 Å². The van der Waals surface area contributed by atoms with Crippen molar-refractivity contribution in [1.82, 2.24) is 15.1 Å². The van der Waals surface area contributed by atoms with E-state index in [0.29, 0.717) is 13.0 Å². The Morgan fingerprint density at radius 1 is 1.15 bits per heavy atom. The van der Waals surface area contributed by atoms with Gasteiger partial charge in [0.15, 0.2) is 9.84 Å². The Morgan fingerprint density at radius 2 is 1.81 bits per heavy atom. The van der Waals surface area contributed by atoms with Crippen molar-refractivity contribution in [3.63, 3.8) is 0 Å². The maximum Gasteiger partial charge on any atom is 0.234 e. The first-order chi connectivity index (χ1) is 11.9. The minimum absolute atomic E-state index is 0. The van der Waals surface area contributed by atoms with Gasteiger partial charge in [-0.25, -0.2) is 8.42 Å². The largest absolute Gasteiger partial charge is 0.399 e. The van der Waals surface area contributed by atoms with Gasteiger partial charge >= 0.3 is 0 Å². The first-order valence-electron chi connectivity index (χ1n) is 8.68. The third-order valence-electron chi connectivity index (χ3n) is 4.79. The van der Waals surface area contributed by atoms with Gasteiger partial charge in [0.2, 0.25) is 5.91 Å². The molecule has 1 unspecified atom stereocenters. The molecule has 1 aromatic carbocycles. The number of nitrogens with one attached hydrogen (secondary N) is 1. The van der Waals surface area contributed by atoms with Crippen LogP contribution in [0, 0.1) is 0 Å². The van der Waals surface area contributed by atoms with E-state index in [1.54, 1.807) is 0 Å². The number of nitrogens with two attached hydrogens (primary N) is 1. The van der Waals surface area contributed by atoms with Gasteiger partial charge in [0.05, 0.1) is 18.1 Å². The van der Waals surface area contributed by atoms with Gasteiger partial charge in [-0.2, -0.15) is 0 Å². The molecule has 10 heteroatoms. The van der Waals surface area contributed by atoms with E-state index in [1.807, 2.05) is 18.2 Å². The zero-order valence-corrected chi connectivity index (χ0v) is 17.6. The summed E-state index contributed by atoms with van der Waals surface area (Å²) in [6.07, 6.45) is 0.530. The average molecular weight is 439 g/mol. The SMILES string of the molecule is Cl.Cl.Nc1cccc(CN2CCN(CC(=O)NC3CCS(=O)(=O)C3)CC2)c1. The lowest BCUT2D eigenvalue weighted by Crippen LogP contribution is -2.50. The Balaban J connectivity index is 0.00000182. The van der Waals surface area contributed by atoms with Crippen molar-refractivity contribution < 1.29 is 13.2 Å². The van der Waals surface area contributed by atoms with E-state index >= 15 is 0 Å². The van der Waals surface area contributed by atoms with Crippen molar-refractivity contribution in [3.8, 4) is 0 Å². The lowest BCUT2D eigenvalue weighted by molar-refractivity contribution is -0.123. The van der Waals surface area contributed by atoms with E-state index in [2.05, 4.69) is 21.2 Å². The van der Waals surface area contributed by atoms with Crippen molar-refractivity contribution >= 4 is 46.2 Å². The molecule has 2 fully saturated rings. The van der Waals surface area contributed by atoms with Crippen LogP contribution in [0.15, 0.2) is 24.3 Å². The highest BCUT2D eigenvalue weighted by atomic mass is 35.5. The lowest BCUT2D eigenvalue weighted by Gasteiger charge is -2.34. The molecule has 27 heavy (non-hydrogen) atoms. The summed E-state index contributed by atoms with van der Waals surface area (Å²) < 4.78 is 22.9. The van der Waals surface area contributed by atoms with Gasteiger partial charge in [0, 0.05) is 44.5 Å². The normalized spacial score (nSPS) is 22.4. The highest BCUT2D eigenvalue weighted by Gasteiger charge is 2.29. The van der Waals surface area contributed by atoms with Gasteiger partial charge in [-0.05, 0) is 24.1 Å². The zero-order valence-electron chi connectivity index (χ0n) is 15.2. The topological polar surface area (TPSA) is 95.7 Å². The first kappa shape index (κ1) is 24.0. The van der Waals surface area contributed by atoms with E-state index in [4.69, 9.17) is 5.73 Å². The molecule has 0 radical (unpaired) electrons. The molecule has 3 rings (SSSR count). The first-order valence-corrected chi connectivity index (χ1v) is 10.5. The maximum atomic E-state index is 12.1. The lowest BCUT2D eigenvalue weighted by atomic mass is 10.1. The highest BCUT2D eigenvalue weighted by Crippen LogP contribution is 2.13. The molecule has 1 atom stereocenters. The van der Waals surface area contributed by atoms with Crippen LogP contribution in [0.3, 0.4) is 0 Å². The second-order valence-corrected chi connectivity index (χ2v) is 9.19. The number of piperazine rings is 1. The molecule has 2 aliphatic rings. The summed E-state index contributed by atoms with van der Waals surface area (Å²) in [7, 11) is -2.96. The number of nitrogen functional groups attached to an aromatic ring is 1. The van der Waals surface area contributed by atoms with E-state index in [1.165, 1.54) is 5.56 Å². The molecule has 1 amide bonds. The molecule has 0 spiro atoms. The number of anilines is 1. The molecular formula is C17H28Cl2N4O3S. The number of nitrogens with zero attached hydrogens (tertiary/aromatic N) is 2. The Bertz CT molecular complexity index is 725. The van der Waals surface area contributed by atoms with Crippen molar-refractivity contribution in [2.24, 2.45) is 0 Å². The van der Waals surface area contributed by atoms with Crippen LogP contribution in [0.5, 0.6) is 0 Å². The quantitative estimate of drug-likeness (QED) is 0.650. The standard InChI is InChI=1S/C17H26N4O3S.2ClH/c18-15-3-1-2-14(10-15)11-20-5-7-21(8-6-20)12-17(22)19-16-4-9-25(23,24)13-16;;/h1-3,10,16H,4-9,11-13,18H2,(H,19,22);2*1H. The molecule has 0 aliphatic carbocycles. The summed E-state index contributed by atoms with van der Waals surface area (Å²) in [5.74, 6) is 0.180. The predicted molar refractivity (Wildman–Crippen MR) is 112 cm³/mol. The van der Waals surface area contributed by atoms with E-state index in [-0.39, 0.29) is 48.3 Å². The van der Waals surface area contributed by atoms with Crippen LogP contribution in [0.4, 0.5) is 5.69 Å². The van der Waals surface area contributed by atoms with Gasteiger partial charge < -0.3 is 11.1 Å². The number of benzene rings is 1. The third kappa shape index (κ3) is 7.46. The molecule has 7 nitrogen and oxygen atoms in total. The van der Waals surface area contributed by atoms with Crippen molar-refractivity contribution in [2.45, 2.75) is 19.0 Å². The predicted octanol–water partition coefficient (Wildman–Crippen LogP) is 0.533. The molecular weight excluding hydrogens is 411 g/mol. The number of hydrogen-bond acceptors (Lipinski definition) is 6. The number of halogens is 2. The fourth-order valence-corrected chi connectivity index (χ4v) is 5.11. The Hall–Kier alpha value is -1.06. The molecule has 0 bridgehead atoms. The molecule has 0 aromatic heterocycles. The van der Waals surface area contributed by atoms with E-state index in [9.17, 15) is 13.2 Å². The molecule has 154 valence electrons. The van der Waals surface area contributed by atoms with Gasteiger partial charge in [0.25, 0.3) is 0 Å². The number of amides is 1. The van der Waals surface area contributed by atoms with Gasteiger partial charge in [-0.15, -0.1) is 24.8 Å². The highest BCUT2D eigenvalue weighted by molar-refractivity contribution is 7.91.